The molecule has 0 aliphatic heterocycles. The van der Waals surface area contributed by atoms with Crippen molar-refractivity contribution in [2.75, 3.05) is 51.4 Å². The van der Waals surface area contributed by atoms with Crippen LogP contribution < -0.4 is 41.9 Å². The number of methoxy groups -OCH3 is 4. The minimum absolute atomic E-state index is 0.615. The second-order valence-electron chi connectivity index (χ2n) is 7.83. The summed E-state index contributed by atoms with van der Waals surface area (Å²) in [7, 11) is 6.39. The van der Waals surface area contributed by atoms with Crippen molar-refractivity contribution in [1.29, 1.82) is 0 Å². The van der Waals surface area contributed by atoms with Gasteiger partial charge in [0, 0.05) is 0 Å². The van der Waals surface area contributed by atoms with E-state index in [0.29, 0.717) is 45.7 Å². The van der Waals surface area contributed by atoms with Crippen molar-refractivity contribution in [3.05, 3.63) is 72.8 Å². The average Bonchev–Trinajstić information content (AvgIpc) is 2.90. The van der Waals surface area contributed by atoms with Crippen LogP contribution in [-0.4, -0.2) is 28.4 Å². The first-order valence-corrected chi connectivity index (χ1v) is 11.1. The van der Waals surface area contributed by atoms with Crippen molar-refractivity contribution in [2.45, 2.75) is 0 Å². The van der Waals surface area contributed by atoms with Crippen LogP contribution in [0.2, 0.25) is 0 Å². The Hall–Kier alpha value is -4.72. The number of ether oxygens (including phenoxy) is 4. The quantitative estimate of drug-likeness (QED) is 0.276. The maximum absolute atomic E-state index is 5.79. The van der Waals surface area contributed by atoms with Gasteiger partial charge in [0.25, 0.3) is 0 Å². The molecular formula is C28H32N4O4. The number of nitrogen functional groups attached to an aromatic ring is 4. The van der Waals surface area contributed by atoms with Gasteiger partial charge in [-0.3, -0.25) is 0 Å². The van der Waals surface area contributed by atoms with Crippen molar-refractivity contribution in [3.8, 4) is 45.3 Å². The number of hydrogen-bond acceptors (Lipinski definition) is 8. The Balaban J connectivity index is 0.000000201. The molecule has 8 heteroatoms. The highest BCUT2D eigenvalue weighted by atomic mass is 16.5. The van der Waals surface area contributed by atoms with Crippen molar-refractivity contribution in [2.24, 2.45) is 0 Å². The molecule has 0 heterocycles. The topological polar surface area (TPSA) is 141 Å². The largest absolute Gasteiger partial charge is 0.495 e. The zero-order valence-corrected chi connectivity index (χ0v) is 20.9. The van der Waals surface area contributed by atoms with Gasteiger partial charge < -0.3 is 41.9 Å². The van der Waals surface area contributed by atoms with Gasteiger partial charge >= 0.3 is 0 Å². The highest BCUT2D eigenvalue weighted by molar-refractivity contribution is 5.74. The van der Waals surface area contributed by atoms with Crippen LogP contribution in [-0.2, 0) is 0 Å². The molecule has 0 amide bonds. The van der Waals surface area contributed by atoms with Gasteiger partial charge in [0.15, 0.2) is 0 Å². The van der Waals surface area contributed by atoms with E-state index in [1.165, 1.54) is 0 Å². The molecule has 4 aromatic carbocycles. The van der Waals surface area contributed by atoms with Crippen LogP contribution in [0.25, 0.3) is 22.3 Å². The normalized spacial score (nSPS) is 10.1. The van der Waals surface area contributed by atoms with Crippen molar-refractivity contribution in [3.63, 3.8) is 0 Å². The second-order valence-corrected chi connectivity index (χ2v) is 7.83. The molecular weight excluding hydrogens is 456 g/mol. The van der Waals surface area contributed by atoms with Crippen LogP contribution in [0.1, 0.15) is 0 Å². The Kier molecular flexibility index (Phi) is 8.35. The van der Waals surface area contributed by atoms with E-state index in [2.05, 4.69) is 0 Å². The predicted octanol–water partition coefficient (Wildman–Crippen LogP) is 5.07. The summed E-state index contributed by atoms with van der Waals surface area (Å²) in [5, 5.41) is 0. The molecule has 36 heavy (non-hydrogen) atoms. The molecule has 0 bridgehead atoms. The lowest BCUT2D eigenvalue weighted by molar-refractivity contribution is 0.416. The summed E-state index contributed by atoms with van der Waals surface area (Å²) in [5.74, 6) is 2.62. The van der Waals surface area contributed by atoms with Crippen LogP contribution in [0.3, 0.4) is 0 Å². The molecule has 8 nitrogen and oxygen atoms in total. The Labute approximate surface area is 211 Å². The van der Waals surface area contributed by atoms with Gasteiger partial charge in [0.2, 0.25) is 0 Å². The first-order chi connectivity index (χ1) is 17.3. The Bertz CT molecular complexity index is 1140. The fraction of sp³-hybridized carbons (Fsp3) is 0.143. The third kappa shape index (κ3) is 5.85. The van der Waals surface area contributed by atoms with E-state index in [1.54, 1.807) is 28.4 Å². The number of nitrogens with two attached hydrogens (primary N) is 4. The molecule has 4 rings (SSSR count). The lowest BCUT2D eigenvalue weighted by Crippen LogP contribution is -1.94. The predicted molar refractivity (Wildman–Crippen MR) is 148 cm³/mol. The lowest BCUT2D eigenvalue weighted by Gasteiger charge is -2.10. The second kappa shape index (κ2) is 11.6. The number of anilines is 4. The van der Waals surface area contributed by atoms with Gasteiger partial charge in [-0.05, 0) is 70.8 Å². The highest BCUT2D eigenvalue weighted by Crippen LogP contribution is 2.34. The van der Waals surface area contributed by atoms with Crippen molar-refractivity contribution < 1.29 is 18.9 Å². The summed E-state index contributed by atoms with van der Waals surface area (Å²) >= 11 is 0. The van der Waals surface area contributed by atoms with Gasteiger partial charge in [-0.2, -0.15) is 0 Å². The summed E-state index contributed by atoms with van der Waals surface area (Å²) in [6.45, 7) is 0. The average molecular weight is 489 g/mol. The lowest BCUT2D eigenvalue weighted by atomic mass is 10.0. The fourth-order valence-corrected chi connectivity index (χ4v) is 3.56. The molecule has 0 radical (unpaired) electrons. The van der Waals surface area contributed by atoms with Crippen molar-refractivity contribution >= 4 is 22.7 Å². The first-order valence-electron chi connectivity index (χ1n) is 11.1. The van der Waals surface area contributed by atoms with E-state index in [0.717, 1.165) is 22.3 Å². The number of benzene rings is 4. The molecule has 0 saturated heterocycles. The molecule has 0 aliphatic rings. The van der Waals surface area contributed by atoms with Crippen LogP contribution in [0.15, 0.2) is 72.8 Å². The van der Waals surface area contributed by atoms with E-state index in [9.17, 15) is 0 Å². The molecule has 0 fully saturated rings. The van der Waals surface area contributed by atoms with E-state index in [1.807, 2.05) is 72.8 Å². The Morgan fingerprint density at radius 3 is 0.722 bits per heavy atom. The van der Waals surface area contributed by atoms with E-state index in [4.69, 9.17) is 41.9 Å². The van der Waals surface area contributed by atoms with Crippen molar-refractivity contribution in [1.82, 2.24) is 0 Å². The Morgan fingerprint density at radius 1 is 0.361 bits per heavy atom. The third-order valence-electron chi connectivity index (χ3n) is 5.60. The summed E-state index contributed by atoms with van der Waals surface area (Å²) in [5.41, 5.74) is 29.6. The van der Waals surface area contributed by atoms with Crippen LogP contribution in [0, 0.1) is 0 Å². The first kappa shape index (κ1) is 25.9. The number of rotatable bonds is 6. The maximum Gasteiger partial charge on any atom is 0.142 e. The standard InChI is InChI=1S/2C14H16N2O2/c2*1-17-13-7-9(3-5-11(13)15)10-4-6-12(16)14(8-10)18-2/h2*3-8H,15-16H2,1-2H3. The van der Waals surface area contributed by atoms with E-state index < -0.39 is 0 Å². The summed E-state index contributed by atoms with van der Waals surface area (Å²) < 4.78 is 20.8. The van der Waals surface area contributed by atoms with Gasteiger partial charge in [-0.1, -0.05) is 24.3 Å². The molecule has 188 valence electrons. The molecule has 0 aliphatic carbocycles. The molecule has 0 atom stereocenters. The summed E-state index contributed by atoms with van der Waals surface area (Å²) in [6.07, 6.45) is 0. The van der Waals surface area contributed by atoms with Crippen LogP contribution >= 0.6 is 0 Å². The minimum atomic E-state index is 0.615. The summed E-state index contributed by atoms with van der Waals surface area (Å²) in [6, 6.07) is 22.6. The van der Waals surface area contributed by atoms with Gasteiger partial charge in [0.1, 0.15) is 23.0 Å². The minimum Gasteiger partial charge on any atom is -0.495 e. The van der Waals surface area contributed by atoms with Crippen LogP contribution in [0.4, 0.5) is 22.7 Å². The summed E-state index contributed by atoms with van der Waals surface area (Å²) in [4.78, 5) is 0. The SMILES string of the molecule is COc1cc(-c2ccc(N)c(OC)c2)ccc1N.COc1cc(-c2ccc(N)c(OC)c2)ccc1N. The van der Waals surface area contributed by atoms with Gasteiger partial charge in [-0.25, -0.2) is 0 Å². The monoisotopic (exact) mass is 488 g/mol. The third-order valence-corrected chi connectivity index (χ3v) is 5.60. The molecule has 0 spiro atoms. The van der Waals surface area contributed by atoms with E-state index in [-0.39, 0.29) is 0 Å². The van der Waals surface area contributed by atoms with Gasteiger partial charge in [0.05, 0.1) is 51.2 Å². The molecule has 8 N–H and O–H groups in total. The van der Waals surface area contributed by atoms with Crippen LogP contribution in [0.5, 0.6) is 23.0 Å². The molecule has 0 aromatic heterocycles. The highest BCUT2D eigenvalue weighted by Gasteiger charge is 2.07. The fourth-order valence-electron chi connectivity index (χ4n) is 3.56. The number of hydrogen-bond donors (Lipinski definition) is 4. The smallest absolute Gasteiger partial charge is 0.142 e. The molecule has 4 aromatic rings. The van der Waals surface area contributed by atoms with Gasteiger partial charge in [-0.15, -0.1) is 0 Å². The zero-order chi connectivity index (χ0) is 26.2. The molecule has 0 saturated carbocycles. The Morgan fingerprint density at radius 2 is 0.556 bits per heavy atom. The maximum atomic E-state index is 5.79. The van der Waals surface area contributed by atoms with E-state index >= 15 is 0 Å². The molecule has 0 unspecified atom stereocenters. The zero-order valence-electron chi connectivity index (χ0n) is 20.9.